The second-order valence-electron chi connectivity index (χ2n) is 3.99. The summed E-state index contributed by atoms with van der Waals surface area (Å²) in [4.78, 5) is 19.2. The maximum Gasteiger partial charge on any atom is 0.258 e. The third-order valence-electron chi connectivity index (χ3n) is 2.55. The molecule has 0 aliphatic carbocycles. The van der Waals surface area contributed by atoms with E-state index in [0.717, 1.165) is 0 Å². The lowest BCUT2D eigenvalue weighted by Gasteiger charge is -2.10. The number of anilines is 1. The van der Waals surface area contributed by atoms with Crippen molar-refractivity contribution < 1.29 is 17.9 Å². The fraction of sp³-hybridized carbons (Fsp3) is 0.0833. The number of primary sulfonamides is 1. The molecular weight excluding hydrogens is 296 g/mol. The number of carbonyl (C=O) groups excluding carboxylic acids is 1. The van der Waals surface area contributed by atoms with Crippen LogP contribution in [0.3, 0.4) is 0 Å². The normalized spacial score (nSPS) is 11.0. The Morgan fingerprint density at radius 2 is 1.95 bits per heavy atom. The van der Waals surface area contributed by atoms with Gasteiger partial charge in [0.2, 0.25) is 10.0 Å². The van der Waals surface area contributed by atoms with Gasteiger partial charge >= 0.3 is 0 Å². The lowest BCUT2D eigenvalue weighted by Crippen LogP contribution is -2.15. The summed E-state index contributed by atoms with van der Waals surface area (Å²) in [5.74, 6) is -0.388. The quantitative estimate of drug-likeness (QED) is 0.841. The van der Waals surface area contributed by atoms with E-state index in [1.165, 1.54) is 44.0 Å². The van der Waals surface area contributed by atoms with E-state index in [4.69, 9.17) is 9.88 Å². The summed E-state index contributed by atoms with van der Waals surface area (Å²) in [6.07, 6.45) is 4.03. The standard InChI is InChI=1S/C12H12N4O4S/c1-20-10-4-9(2-3-11(10)21(13,18)19)16-12(17)8-5-14-7-15-6-8/h2-7H,1H3,(H,16,17)(H2,13,18,19). The van der Waals surface area contributed by atoms with Crippen molar-refractivity contribution in [3.05, 3.63) is 42.5 Å². The summed E-state index contributed by atoms with van der Waals surface area (Å²) in [5.41, 5.74) is 0.625. The number of ether oxygens (including phenoxy) is 1. The molecule has 2 aromatic rings. The Balaban J connectivity index is 2.28. The molecule has 0 unspecified atom stereocenters. The summed E-state index contributed by atoms with van der Waals surface area (Å²) in [7, 11) is -2.59. The third kappa shape index (κ3) is 3.52. The predicted molar refractivity (Wildman–Crippen MR) is 74.4 cm³/mol. The molecule has 110 valence electrons. The molecule has 8 nitrogen and oxygen atoms in total. The topological polar surface area (TPSA) is 124 Å². The van der Waals surface area contributed by atoms with E-state index in [1.54, 1.807) is 0 Å². The Labute approximate surface area is 121 Å². The Bertz CT molecular complexity index is 762. The number of benzene rings is 1. The average molecular weight is 308 g/mol. The monoisotopic (exact) mass is 308 g/mol. The van der Waals surface area contributed by atoms with E-state index >= 15 is 0 Å². The summed E-state index contributed by atoms with van der Waals surface area (Å²) in [6.45, 7) is 0. The molecule has 1 aromatic heterocycles. The molecule has 21 heavy (non-hydrogen) atoms. The number of sulfonamides is 1. The van der Waals surface area contributed by atoms with Crippen LogP contribution in [-0.4, -0.2) is 31.4 Å². The average Bonchev–Trinajstić information content (AvgIpc) is 2.46. The molecule has 0 saturated heterocycles. The molecule has 2 rings (SSSR count). The Morgan fingerprint density at radius 1 is 1.29 bits per heavy atom. The Hall–Kier alpha value is -2.52. The number of nitrogens with one attached hydrogen (secondary N) is 1. The van der Waals surface area contributed by atoms with Gasteiger partial charge in [-0.15, -0.1) is 0 Å². The second-order valence-corrected chi connectivity index (χ2v) is 5.52. The van der Waals surface area contributed by atoms with E-state index in [1.807, 2.05) is 0 Å². The van der Waals surface area contributed by atoms with Gasteiger partial charge in [-0.3, -0.25) is 4.79 Å². The fourth-order valence-electron chi connectivity index (χ4n) is 1.60. The van der Waals surface area contributed by atoms with Crippen molar-refractivity contribution in [1.82, 2.24) is 9.97 Å². The van der Waals surface area contributed by atoms with E-state index < -0.39 is 15.9 Å². The number of hydrogen-bond acceptors (Lipinski definition) is 6. The van der Waals surface area contributed by atoms with Crippen LogP contribution in [0.15, 0.2) is 41.8 Å². The Kier molecular flexibility index (Phi) is 4.15. The van der Waals surface area contributed by atoms with Gasteiger partial charge in [0.1, 0.15) is 17.0 Å². The van der Waals surface area contributed by atoms with E-state index in [2.05, 4.69) is 15.3 Å². The second kappa shape index (κ2) is 5.85. The van der Waals surface area contributed by atoms with Crippen molar-refractivity contribution in [1.29, 1.82) is 0 Å². The first-order valence-electron chi connectivity index (χ1n) is 5.69. The number of nitrogens with zero attached hydrogens (tertiary/aromatic N) is 2. The SMILES string of the molecule is COc1cc(NC(=O)c2cncnc2)ccc1S(N)(=O)=O. The largest absolute Gasteiger partial charge is 0.495 e. The minimum atomic E-state index is -3.90. The molecule has 1 heterocycles. The van der Waals surface area contributed by atoms with E-state index in [9.17, 15) is 13.2 Å². The highest BCUT2D eigenvalue weighted by atomic mass is 32.2. The molecule has 0 aliphatic heterocycles. The van der Waals surface area contributed by atoms with Gasteiger partial charge in [-0.05, 0) is 12.1 Å². The first-order chi connectivity index (χ1) is 9.91. The number of rotatable bonds is 4. The smallest absolute Gasteiger partial charge is 0.258 e. The zero-order valence-electron chi connectivity index (χ0n) is 11.0. The molecule has 0 aliphatic rings. The molecule has 9 heteroatoms. The fourth-order valence-corrected chi connectivity index (χ4v) is 2.28. The highest BCUT2D eigenvalue weighted by molar-refractivity contribution is 7.89. The maximum absolute atomic E-state index is 11.9. The van der Waals surface area contributed by atoms with Crippen LogP contribution in [-0.2, 0) is 10.0 Å². The van der Waals surface area contributed by atoms with Gasteiger partial charge in [0.15, 0.2) is 0 Å². The molecule has 0 radical (unpaired) electrons. The third-order valence-corrected chi connectivity index (χ3v) is 3.50. The van der Waals surface area contributed by atoms with E-state index in [0.29, 0.717) is 5.69 Å². The molecule has 0 fully saturated rings. The molecule has 3 N–H and O–H groups in total. The van der Waals surface area contributed by atoms with Crippen LogP contribution in [0.25, 0.3) is 0 Å². The molecule has 1 amide bonds. The summed E-state index contributed by atoms with van der Waals surface area (Å²) >= 11 is 0. The van der Waals surface area contributed by atoms with Gasteiger partial charge < -0.3 is 10.1 Å². The highest BCUT2D eigenvalue weighted by Crippen LogP contribution is 2.26. The van der Waals surface area contributed by atoms with Gasteiger partial charge in [0.25, 0.3) is 5.91 Å². The maximum atomic E-state index is 11.9. The molecule has 0 saturated carbocycles. The Morgan fingerprint density at radius 3 is 2.52 bits per heavy atom. The van der Waals surface area contributed by atoms with Gasteiger partial charge in [0.05, 0.1) is 12.7 Å². The van der Waals surface area contributed by atoms with Gasteiger partial charge in [0, 0.05) is 24.1 Å². The zero-order valence-corrected chi connectivity index (χ0v) is 11.8. The number of amides is 1. The van der Waals surface area contributed by atoms with Crippen LogP contribution in [0.4, 0.5) is 5.69 Å². The highest BCUT2D eigenvalue weighted by Gasteiger charge is 2.16. The van der Waals surface area contributed by atoms with Crippen molar-refractivity contribution in [3.63, 3.8) is 0 Å². The van der Waals surface area contributed by atoms with Gasteiger partial charge in [-0.25, -0.2) is 23.5 Å². The molecule has 0 bridgehead atoms. The minimum Gasteiger partial charge on any atom is -0.495 e. The van der Waals surface area contributed by atoms with Crippen molar-refractivity contribution in [2.45, 2.75) is 4.90 Å². The summed E-state index contributed by atoms with van der Waals surface area (Å²) in [6, 6.07) is 4.02. The summed E-state index contributed by atoms with van der Waals surface area (Å²) in [5, 5.41) is 7.64. The number of methoxy groups -OCH3 is 1. The lowest BCUT2D eigenvalue weighted by molar-refractivity contribution is 0.102. The molecule has 1 aromatic carbocycles. The van der Waals surface area contributed by atoms with Crippen LogP contribution in [0, 0.1) is 0 Å². The first-order valence-corrected chi connectivity index (χ1v) is 7.23. The van der Waals surface area contributed by atoms with Crippen LogP contribution in [0.1, 0.15) is 10.4 Å². The van der Waals surface area contributed by atoms with Crippen molar-refractivity contribution in [2.75, 3.05) is 12.4 Å². The zero-order chi connectivity index (χ0) is 15.5. The first kappa shape index (κ1) is 14.9. The number of aromatic nitrogens is 2. The molecule has 0 atom stereocenters. The van der Waals surface area contributed by atoms with Crippen LogP contribution in [0.5, 0.6) is 5.75 Å². The number of nitrogens with two attached hydrogens (primary N) is 1. The van der Waals surface area contributed by atoms with E-state index in [-0.39, 0.29) is 16.2 Å². The van der Waals surface area contributed by atoms with Gasteiger partial charge in [-0.1, -0.05) is 0 Å². The molecule has 0 spiro atoms. The van der Waals surface area contributed by atoms with Crippen molar-refractivity contribution in [3.8, 4) is 5.75 Å². The lowest BCUT2D eigenvalue weighted by atomic mass is 10.2. The van der Waals surface area contributed by atoms with Crippen LogP contribution < -0.4 is 15.2 Å². The minimum absolute atomic E-state index is 0.0413. The van der Waals surface area contributed by atoms with Gasteiger partial charge in [-0.2, -0.15) is 0 Å². The predicted octanol–water partition coefficient (Wildman–Crippen LogP) is 0.385. The van der Waals surface area contributed by atoms with Crippen LogP contribution in [0.2, 0.25) is 0 Å². The molecular formula is C12H12N4O4S. The summed E-state index contributed by atoms with van der Waals surface area (Å²) < 4.78 is 27.7. The number of carbonyl (C=O) groups is 1. The van der Waals surface area contributed by atoms with Crippen LogP contribution >= 0.6 is 0 Å². The number of hydrogen-bond donors (Lipinski definition) is 2. The van der Waals surface area contributed by atoms with Crippen molar-refractivity contribution >= 4 is 21.6 Å². The van der Waals surface area contributed by atoms with Crippen molar-refractivity contribution in [2.24, 2.45) is 5.14 Å².